The summed E-state index contributed by atoms with van der Waals surface area (Å²) in [6.45, 7) is 0. The minimum Gasteiger partial charge on any atom is -0.255 e. The molecule has 56 heavy (non-hydrogen) atoms. The summed E-state index contributed by atoms with van der Waals surface area (Å²) in [6.07, 6.45) is 1.82. The normalized spacial score (nSPS) is 11.6. The molecule has 11 aromatic rings. The van der Waals surface area contributed by atoms with E-state index in [1.807, 2.05) is 54.7 Å². The van der Waals surface area contributed by atoms with E-state index in [0.29, 0.717) is 17.5 Å². The summed E-state index contributed by atoms with van der Waals surface area (Å²) in [5.74, 6) is 1.80. The average molecular weight is 713 g/mol. The number of nitrogens with zero attached hydrogens (tertiary/aromatic N) is 4. The van der Waals surface area contributed by atoms with Crippen LogP contribution < -0.4 is 0 Å². The third-order valence-corrected chi connectivity index (χ3v) is 10.8. The number of hydrogen-bond acceptors (Lipinski definition) is 4. The second kappa shape index (κ2) is 13.1. The Labute approximate surface area is 323 Å². The fourth-order valence-electron chi connectivity index (χ4n) is 7.96. The zero-order chi connectivity index (χ0) is 37.0. The summed E-state index contributed by atoms with van der Waals surface area (Å²) >= 11 is 0. The van der Waals surface area contributed by atoms with Crippen LogP contribution in [-0.4, -0.2) is 19.9 Å². The average Bonchev–Trinajstić information content (AvgIpc) is 3.27. The van der Waals surface area contributed by atoms with Crippen molar-refractivity contribution >= 4 is 54.0 Å². The molecule has 0 fully saturated rings. The van der Waals surface area contributed by atoms with E-state index >= 15 is 0 Å². The van der Waals surface area contributed by atoms with Crippen molar-refractivity contribution in [2.45, 2.75) is 0 Å². The molecule has 0 saturated heterocycles. The van der Waals surface area contributed by atoms with Crippen LogP contribution in [0.2, 0.25) is 0 Å². The van der Waals surface area contributed by atoms with Crippen molar-refractivity contribution in [3.63, 3.8) is 0 Å². The number of hydrogen-bond donors (Lipinski definition) is 0. The largest absolute Gasteiger partial charge is 0.255 e. The molecule has 0 amide bonds. The van der Waals surface area contributed by atoms with Gasteiger partial charge in [-0.05, 0) is 132 Å². The molecule has 0 unspecified atom stereocenters. The highest BCUT2D eigenvalue weighted by atomic mass is 15.0. The van der Waals surface area contributed by atoms with E-state index in [1.54, 1.807) is 0 Å². The van der Waals surface area contributed by atoms with Gasteiger partial charge in [-0.3, -0.25) is 4.98 Å². The van der Waals surface area contributed by atoms with Crippen LogP contribution in [0.15, 0.2) is 194 Å². The molecule has 0 radical (unpaired) electrons. The first-order valence-corrected chi connectivity index (χ1v) is 18.9. The van der Waals surface area contributed by atoms with Gasteiger partial charge in [-0.2, -0.15) is 0 Å². The predicted octanol–water partition coefficient (Wildman–Crippen LogP) is 13.4. The van der Waals surface area contributed by atoms with E-state index in [1.165, 1.54) is 43.1 Å². The molecule has 11 rings (SSSR count). The van der Waals surface area contributed by atoms with Gasteiger partial charge in [0.15, 0.2) is 17.5 Å². The molecule has 9 aromatic carbocycles. The third kappa shape index (κ3) is 5.72. The van der Waals surface area contributed by atoms with Crippen molar-refractivity contribution in [1.29, 1.82) is 0 Å². The maximum atomic E-state index is 5.23. The lowest BCUT2D eigenvalue weighted by Crippen LogP contribution is -2.01. The zero-order valence-corrected chi connectivity index (χ0v) is 30.3. The van der Waals surface area contributed by atoms with Crippen molar-refractivity contribution in [3.05, 3.63) is 194 Å². The van der Waals surface area contributed by atoms with Gasteiger partial charge in [-0.15, -0.1) is 0 Å². The first-order valence-electron chi connectivity index (χ1n) is 18.9. The monoisotopic (exact) mass is 712 g/mol. The molecule has 0 N–H and O–H groups in total. The van der Waals surface area contributed by atoms with Gasteiger partial charge in [0.25, 0.3) is 0 Å². The Hall–Kier alpha value is -7.56. The summed E-state index contributed by atoms with van der Waals surface area (Å²) < 4.78 is 0. The van der Waals surface area contributed by atoms with Crippen molar-refractivity contribution in [2.24, 2.45) is 0 Å². The topological polar surface area (TPSA) is 51.6 Å². The molecule has 0 aliphatic rings. The van der Waals surface area contributed by atoms with Crippen LogP contribution in [0.1, 0.15) is 0 Å². The van der Waals surface area contributed by atoms with Gasteiger partial charge in [-0.1, -0.05) is 121 Å². The summed E-state index contributed by atoms with van der Waals surface area (Å²) in [5.41, 5.74) is 7.96. The van der Waals surface area contributed by atoms with E-state index < -0.39 is 0 Å². The van der Waals surface area contributed by atoms with Gasteiger partial charge < -0.3 is 0 Å². The number of fused-ring (bicyclic) bond motifs is 5. The quantitative estimate of drug-likeness (QED) is 0.167. The molecule has 0 atom stereocenters. The van der Waals surface area contributed by atoms with E-state index in [4.69, 9.17) is 19.9 Å². The van der Waals surface area contributed by atoms with E-state index in [2.05, 4.69) is 140 Å². The smallest absolute Gasteiger partial charge is 0.166 e. The van der Waals surface area contributed by atoms with Crippen molar-refractivity contribution in [3.8, 4) is 56.4 Å². The van der Waals surface area contributed by atoms with Crippen LogP contribution in [0, 0.1) is 0 Å². The molecular weight excluding hydrogens is 681 g/mol. The van der Waals surface area contributed by atoms with Crippen LogP contribution in [0.4, 0.5) is 0 Å². The zero-order valence-electron chi connectivity index (χ0n) is 30.3. The SMILES string of the molecule is c1ccc(-c2nc(-c3cc(-c4ccc5cc6ccccc6cc5c4)cc(-c4ccc5cc6ccccc6cc5c4)c3)nc(-c3cccc4cccnc34)n2)cc1. The molecule has 2 aromatic heterocycles. The first kappa shape index (κ1) is 31.9. The Morgan fingerprint density at radius 1 is 0.250 bits per heavy atom. The van der Waals surface area contributed by atoms with Gasteiger partial charge in [0.1, 0.15) is 0 Å². The molecule has 4 nitrogen and oxygen atoms in total. The standard InChI is InChI=1S/C52H32N4/c1-2-10-34(11-3-1)50-54-51(56-52(55-50)48-18-8-16-33-17-9-23-53-49(33)48)47-31-45(41-21-19-39-24-35-12-4-6-14-37(35)26-43(39)28-41)30-46(32-47)42-22-20-40-25-36-13-5-7-15-38(36)27-44(40)29-42/h1-32H. The summed E-state index contributed by atoms with van der Waals surface area (Å²) in [4.78, 5) is 20.2. The lowest BCUT2D eigenvalue weighted by atomic mass is 9.92. The van der Waals surface area contributed by atoms with Crippen LogP contribution >= 0.6 is 0 Å². The minimum absolute atomic E-state index is 0.584. The Morgan fingerprint density at radius 3 is 1.32 bits per heavy atom. The van der Waals surface area contributed by atoms with Crippen molar-refractivity contribution < 1.29 is 0 Å². The fraction of sp³-hybridized carbons (Fsp3) is 0. The maximum absolute atomic E-state index is 5.23. The van der Waals surface area contributed by atoms with Gasteiger partial charge >= 0.3 is 0 Å². The van der Waals surface area contributed by atoms with Crippen molar-refractivity contribution in [2.75, 3.05) is 0 Å². The summed E-state index contributed by atoms with van der Waals surface area (Å²) in [5, 5.41) is 10.8. The van der Waals surface area contributed by atoms with E-state index in [0.717, 1.165) is 49.8 Å². The molecule has 0 spiro atoms. The van der Waals surface area contributed by atoms with Crippen LogP contribution in [0.5, 0.6) is 0 Å². The summed E-state index contributed by atoms with van der Waals surface area (Å²) in [7, 11) is 0. The molecule has 0 aliphatic heterocycles. The minimum atomic E-state index is 0.584. The second-order valence-corrected chi connectivity index (χ2v) is 14.4. The Morgan fingerprint density at radius 2 is 0.714 bits per heavy atom. The van der Waals surface area contributed by atoms with E-state index in [9.17, 15) is 0 Å². The molecule has 0 bridgehead atoms. The highest BCUT2D eigenvalue weighted by Crippen LogP contribution is 2.37. The van der Waals surface area contributed by atoms with Crippen LogP contribution in [0.3, 0.4) is 0 Å². The van der Waals surface area contributed by atoms with Gasteiger partial charge in [0.05, 0.1) is 5.52 Å². The molecule has 0 saturated carbocycles. The predicted molar refractivity (Wildman–Crippen MR) is 232 cm³/mol. The second-order valence-electron chi connectivity index (χ2n) is 14.4. The number of pyridine rings is 1. The first-order chi connectivity index (χ1) is 27.7. The lowest BCUT2D eigenvalue weighted by molar-refractivity contribution is 1.07. The van der Waals surface area contributed by atoms with Gasteiger partial charge in [0, 0.05) is 28.3 Å². The van der Waals surface area contributed by atoms with Crippen molar-refractivity contribution in [1.82, 2.24) is 19.9 Å². The fourth-order valence-corrected chi connectivity index (χ4v) is 7.96. The van der Waals surface area contributed by atoms with Gasteiger partial charge in [0.2, 0.25) is 0 Å². The number of rotatable bonds is 5. The highest BCUT2D eigenvalue weighted by molar-refractivity contribution is 6.02. The number of benzene rings is 9. The molecular formula is C52H32N4. The lowest BCUT2D eigenvalue weighted by Gasteiger charge is -2.14. The number of aromatic nitrogens is 4. The maximum Gasteiger partial charge on any atom is 0.166 e. The van der Waals surface area contributed by atoms with E-state index in [-0.39, 0.29) is 0 Å². The Kier molecular flexibility index (Phi) is 7.46. The Bertz CT molecular complexity index is 3170. The van der Waals surface area contributed by atoms with Crippen LogP contribution in [0.25, 0.3) is 110 Å². The molecule has 0 aliphatic carbocycles. The Balaban J connectivity index is 1.14. The van der Waals surface area contributed by atoms with Gasteiger partial charge in [-0.25, -0.2) is 15.0 Å². The van der Waals surface area contributed by atoms with Crippen LogP contribution in [-0.2, 0) is 0 Å². The molecule has 2 heterocycles. The highest BCUT2D eigenvalue weighted by Gasteiger charge is 2.17. The molecule has 4 heteroatoms. The molecule has 260 valence electrons. The summed E-state index contributed by atoms with van der Waals surface area (Å²) in [6, 6.07) is 66.8. The third-order valence-electron chi connectivity index (χ3n) is 10.8. The number of para-hydroxylation sites is 1.